The van der Waals surface area contributed by atoms with Crippen molar-refractivity contribution in [3.8, 4) is 11.5 Å². The van der Waals surface area contributed by atoms with Crippen LogP contribution in [-0.2, 0) is 9.59 Å². The third-order valence-corrected chi connectivity index (χ3v) is 5.56. The lowest BCUT2D eigenvalue weighted by molar-refractivity contribution is -0.120. The molecule has 0 aromatic heterocycles. The molecule has 0 aliphatic carbocycles. The van der Waals surface area contributed by atoms with Gasteiger partial charge in [0, 0.05) is 11.8 Å². The van der Waals surface area contributed by atoms with Crippen LogP contribution in [0.5, 0.6) is 11.5 Å². The minimum Gasteiger partial charge on any atom is -0.494 e. The molecule has 2 amide bonds. The molecule has 0 radical (unpaired) electrons. The Balaban J connectivity index is 1.78. The van der Waals surface area contributed by atoms with Crippen LogP contribution in [0.3, 0.4) is 0 Å². The van der Waals surface area contributed by atoms with Gasteiger partial charge in [0.2, 0.25) is 0 Å². The maximum Gasteiger partial charge on any atom is 0.282 e. The highest BCUT2D eigenvalue weighted by atomic mass is 16.5. The zero-order valence-electron chi connectivity index (χ0n) is 19.8. The summed E-state index contributed by atoms with van der Waals surface area (Å²) in [4.78, 5) is 28.5. The number of benzene rings is 3. The average molecular weight is 457 g/mol. The van der Waals surface area contributed by atoms with E-state index in [9.17, 15) is 9.59 Å². The first-order chi connectivity index (χ1) is 16.4. The number of amides is 2. The van der Waals surface area contributed by atoms with Gasteiger partial charge >= 0.3 is 0 Å². The predicted octanol–water partition coefficient (Wildman–Crippen LogP) is 5.50. The first-order valence-electron chi connectivity index (χ1n) is 11.4. The highest BCUT2D eigenvalue weighted by Gasteiger charge is 2.40. The van der Waals surface area contributed by atoms with E-state index in [0.29, 0.717) is 41.7 Å². The number of hydrogen-bond donors (Lipinski definition) is 1. The fraction of sp³-hybridized carbons (Fsp3) is 0.214. The molecule has 3 aromatic rings. The van der Waals surface area contributed by atoms with Crippen LogP contribution in [-0.4, -0.2) is 25.0 Å². The van der Waals surface area contributed by atoms with Gasteiger partial charge in [-0.15, -0.1) is 0 Å². The van der Waals surface area contributed by atoms with Crippen LogP contribution in [0.1, 0.15) is 30.5 Å². The van der Waals surface area contributed by atoms with E-state index in [1.165, 1.54) is 4.90 Å². The van der Waals surface area contributed by atoms with Crippen LogP contribution in [0.15, 0.2) is 72.4 Å². The molecule has 0 fully saturated rings. The number of carbonyl (C=O) groups excluding carboxylic acids is 2. The molecule has 0 spiro atoms. The average Bonchev–Trinajstić information content (AvgIpc) is 3.05. The molecule has 0 unspecified atom stereocenters. The van der Waals surface area contributed by atoms with Crippen LogP contribution in [0.4, 0.5) is 11.4 Å². The number of imide groups is 1. The molecule has 0 saturated heterocycles. The minimum atomic E-state index is -0.411. The molecule has 1 heterocycles. The van der Waals surface area contributed by atoms with Crippen molar-refractivity contribution in [2.75, 3.05) is 23.4 Å². The standard InChI is InChI=1S/C28H28N2O4/c1-5-33-22-13-11-21(12-14-22)30-27(31)25(24-15-10-18(3)16-19(24)4)26(28(30)32)29-20-8-7-9-23(17-20)34-6-2/h7-17,29H,5-6H2,1-4H3. The fourth-order valence-electron chi connectivity index (χ4n) is 4.06. The Labute approximate surface area is 199 Å². The number of nitrogens with zero attached hydrogens (tertiary/aromatic N) is 1. The molecule has 34 heavy (non-hydrogen) atoms. The Morgan fingerprint density at radius 2 is 1.50 bits per heavy atom. The van der Waals surface area contributed by atoms with Gasteiger partial charge in [0.05, 0.1) is 24.5 Å². The fourth-order valence-corrected chi connectivity index (χ4v) is 4.06. The zero-order chi connectivity index (χ0) is 24.2. The van der Waals surface area contributed by atoms with E-state index in [-0.39, 0.29) is 11.6 Å². The van der Waals surface area contributed by atoms with Crippen molar-refractivity contribution in [3.63, 3.8) is 0 Å². The number of rotatable bonds is 8. The molecule has 1 aliphatic heterocycles. The van der Waals surface area contributed by atoms with Gasteiger partial charge in [-0.2, -0.15) is 0 Å². The summed E-state index contributed by atoms with van der Waals surface area (Å²) in [6, 6.07) is 20.1. The summed E-state index contributed by atoms with van der Waals surface area (Å²) in [7, 11) is 0. The summed E-state index contributed by atoms with van der Waals surface area (Å²) in [6.45, 7) is 8.82. The van der Waals surface area contributed by atoms with E-state index < -0.39 is 5.91 Å². The predicted molar refractivity (Wildman–Crippen MR) is 134 cm³/mol. The number of aryl methyl sites for hydroxylation is 2. The topological polar surface area (TPSA) is 67.9 Å². The molecule has 6 nitrogen and oxygen atoms in total. The SMILES string of the molecule is CCOc1ccc(N2C(=O)C(Nc3cccc(OCC)c3)=C(c3ccc(C)cc3C)C2=O)cc1. The third-order valence-electron chi connectivity index (χ3n) is 5.56. The molecule has 1 N–H and O–H groups in total. The van der Waals surface area contributed by atoms with Gasteiger partial charge in [-0.3, -0.25) is 9.59 Å². The Bertz CT molecular complexity index is 1260. The van der Waals surface area contributed by atoms with Gasteiger partial charge in [-0.25, -0.2) is 4.90 Å². The summed E-state index contributed by atoms with van der Waals surface area (Å²) in [5.74, 6) is 0.579. The summed E-state index contributed by atoms with van der Waals surface area (Å²) < 4.78 is 11.1. The highest BCUT2D eigenvalue weighted by molar-refractivity contribution is 6.46. The van der Waals surface area contributed by atoms with Gasteiger partial charge in [-0.1, -0.05) is 29.8 Å². The molecular weight excluding hydrogens is 428 g/mol. The second-order valence-corrected chi connectivity index (χ2v) is 8.03. The maximum absolute atomic E-state index is 13.7. The van der Waals surface area contributed by atoms with Crippen molar-refractivity contribution in [1.82, 2.24) is 0 Å². The Morgan fingerprint density at radius 1 is 0.794 bits per heavy atom. The summed E-state index contributed by atoms with van der Waals surface area (Å²) in [5.41, 5.74) is 4.46. The van der Waals surface area contributed by atoms with Crippen molar-refractivity contribution < 1.29 is 19.1 Å². The number of nitrogens with one attached hydrogen (secondary N) is 1. The normalized spacial score (nSPS) is 13.5. The summed E-state index contributed by atoms with van der Waals surface area (Å²) in [5, 5.41) is 3.20. The lowest BCUT2D eigenvalue weighted by atomic mass is 9.97. The van der Waals surface area contributed by atoms with E-state index >= 15 is 0 Å². The van der Waals surface area contributed by atoms with Crippen molar-refractivity contribution in [1.29, 1.82) is 0 Å². The maximum atomic E-state index is 13.7. The van der Waals surface area contributed by atoms with Crippen molar-refractivity contribution >= 4 is 28.8 Å². The van der Waals surface area contributed by atoms with E-state index in [2.05, 4.69) is 5.32 Å². The Kier molecular flexibility index (Phi) is 6.68. The molecule has 6 heteroatoms. The lowest BCUT2D eigenvalue weighted by Gasteiger charge is -2.16. The van der Waals surface area contributed by atoms with Gasteiger partial charge < -0.3 is 14.8 Å². The van der Waals surface area contributed by atoms with E-state index in [4.69, 9.17) is 9.47 Å². The van der Waals surface area contributed by atoms with Crippen LogP contribution in [0, 0.1) is 13.8 Å². The van der Waals surface area contributed by atoms with Crippen LogP contribution >= 0.6 is 0 Å². The van der Waals surface area contributed by atoms with Crippen LogP contribution < -0.4 is 19.7 Å². The number of hydrogen-bond acceptors (Lipinski definition) is 5. The molecule has 0 saturated carbocycles. The molecule has 0 atom stereocenters. The van der Waals surface area contributed by atoms with Crippen molar-refractivity contribution in [3.05, 3.63) is 89.1 Å². The first kappa shape index (κ1) is 23.1. The van der Waals surface area contributed by atoms with Crippen LogP contribution in [0.25, 0.3) is 5.57 Å². The molecular formula is C28H28N2O4. The van der Waals surface area contributed by atoms with Crippen LogP contribution in [0.2, 0.25) is 0 Å². The van der Waals surface area contributed by atoms with Gasteiger partial charge in [0.1, 0.15) is 17.2 Å². The van der Waals surface area contributed by atoms with Gasteiger partial charge in [0.15, 0.2) is 0 Å². The zero-order valence-corrected chi connectivity index (χ0v) is 19.8. The van der Waals surface area contributed by atoms with E-state index in [0.717, 1.165) is 16.7 Å². The largest absolute Gasteiger partial charge is 0.494 e. The van der Waals surface area contributed by atoms with Crippen molar-refractivity contribution in [2.24, 2.45) is 0 Å². The molecule has 4 rings (SSSR count). The second kappa shape index (κ2) is 9.83. The molecule has 0 bridgehead atoms. The number of anilines is 2. The monoisotopic (exact) mass is 456 g/mol. The highest BCUT2D eigenvalue weighted by Crippen LogP contribution is 2.36. The minimum absolute atomic E-state index is 0.236. The summed E-state index contributed by atoms with van der Waals surface area (Å²) in [6.07, 6.45) is 0. The molecule has 3 aromatic carbocycles. The smallest absolute Gasteiger partial charge is 0.282 e. The molecule has 1 aliphatic rings. The summed E-state index contributed by atoms with van der Waals surface area (Å²) >= 11 is 0. The van der Waals surface area contributed by atoms with Gasteiger partial charge in [-0.05, 0) is 75.2 Å². The number of ether oxygens (including phenoxy) is 2. The number of carbonyl (C=O) groups is 2. The lowest BCUT2D eigenvalue weighted by Crippen LogP contribution is -2.32. The quantitative estimate of drug-likeness (QED) is 0.454. The van der Waals surface area contributed by atoms with E-state index in [1.807, 2.05) is 70.2 Å². The van der Waals surface area contributed by atoms with E-state index in [1.54, 1.807) is 24.3 Å². The van der Waals surface area contributed by atoms with Gasteiger partial charge in [0.25, 0.3) is 11.8 Å². The second-order valence-electron chi connectivity index (χ2n) is 8.03. The molecule has 174 valence electrons. The first-order valence-corrected chi connectivity index (χ1v) is 11.4. The Morgan fingerprint density at radius 3 is 2.18 bits per heavy atom. The Hall–Kier alpha value is -4.06. The van der Waals surface area contributed by atoms with Crippen molar-refractivity contribution in [2.45, 2.75) is 27.7 Å². The third kappa shape index (κ3) is 4.53.